The van der Waals surface area contributed by atoms with Gasteiger partial charge in [0.05, 0.1) is 17.8 Å². The Morgan fingerprint density at radius 3 is 2.74 bits per heavy atom. The van der Waals surface area contributed by atoms with Crippen molar-refractivity contribution in [2.24, 2.45) is 0 Å². The maximum atomic E-state index is 4.78. The summed E-state index contributed by atoms with van der Waals surface area (Å²) in [5.41, 5.74) is 6.48. The Balaban J connectivity index is 1.54. The van der Waals surface area contributed by atoms with Gasteiger partial charge in [-0.15, -0.1) is 5.10 Å². The summed E-state index contributed by atoms with van der Waals surface area (Å²) in [7, 11) is 0. The summed E-state index contributed by atoms with van der Waals surface area (Å²) in [6, 6.07) is 18.1. The molecule has 1 aromatic carbocycles. The van der Waals surface area contributed by atoms with Gasteiger partial charge in [0.1, 0.15) is 5.52 Å². The highest BCUT2D eigenvalue weighted by Crippen LogP contribution is 2.20. The lowest BCUT2D eigenvalue weighted by atomic mass is 10.1. The van der Waals surface area contributed by atoms with Crippen molar-refractivity contribution in [1.82, 2.24) is 29.9 Å². The molecule has 0 saturated carbocycles. The monoisotopic (exact) mass is 352 g/mol. The molecule has 0 spiro atoms. The van der Waals surface area contributed by atoms with Crippen molar-refractivity contribution in [1.29, 1.82) is 0 Å². The minimum atomic E-state index is 0.601. The molecular formula is C21H16N6. The summed E-state index contributed by atoms with van der Waals surface area (Å²) >= 11 is 0. The van der Waals surface area contributed by atoms with Crippen LogP contribution in [0, 0.1) is 6.92 Å². The van der Waals surface area contributed by atoms with Gasteiger partial charge in [0.2, 0.25) is 0 Å². The molecule has 0 saturated heterocycles. The SMILES string of the molecule is Cc1ccc(-c2ccc3nnn(Cc4ccc5ncccc5c4)c3n2)cn1. The fourth-order valence-electron chi connectivity index (χ4n) is 3.14. The molecule has 0 fully saturated rings. The van der Waals surface area contributed by atoms with Crippen LogP contribution in [0.15, 0.2) is 67.0 Å². The van der Waals surface area contributed by atoms with Crippen LogP contribution in [-0.4, -0.2) is 29.9 Å². The molecule has 130 valence electrons. The standard InChI is InChI=1S/C21H16N6/c1-14-4-6-17(12-23-14)19-8-9-20-21(24-19)27(26-25-20)13-15-5-7-18-16(11-15)3-2-10-22-18/h2-12H,13H2,1H3. The van der Waals surface area contributed by atoms with E-state index in [1.807, 2.05) is 54.2 Å². The number of fused-ring (bicyclic) bond motifs is 2. The predicted molar refractivity (Wildman–Crippen MR) is 104 cm³/mol. The van der Waals surface area contributed by atoms with Crippen molar-refractivity contribution in [3.63, 3.8) is 0 Å². The summed E-state index contributed by atoms with van der Waals surface area (Å²) in [6.45, 7) is 2.57. The van der Waals surface area contributed by atoms with Crippen molar-refractivity contribution in [2.45, 2.75) is 13.5 Å². The molecule has 6 heteroatoms. The van der Waals surface area contributed by atoms with Gasteiger partial charge >= 0.3 is 0 Å². The lowest BCUT2D eigenvalue weighted by Crippen LogP contribution is -2.03. The minimum Gasteiger partial charge on any atom is -0.261 e. The van der Waals surface area contributed by atoms with Gasteiger partial charge in [-0.05, 0) is 55.0 Å². The fourth-order valence-corrected chi connectivity index (χ4v) is 3.14. The van der Waals surface area contributed by atoms with Gasteiger partial charge in [0, 0.05) is 29.0 Å². The average molecular weight is 352 g/mol. The molecule has 5 aromatic rings. The summed E-state index contributed by atoms with van der Waals surface area (Å²) in [5, 5.41) is 9.65. The average Bonchev–Trinajstić information content (AvgIpc) is 3.10. The molecule has 27 heavy (non-hydrogen) atoms. The number of benzene rings is 1. The van der Waals surface area contributed by atoms with Crippen LogP contribution in [0.25, 0.3) is 33.3 Å². The first-order valence-electron chi connectivity index (χ1n) is 8.73. The van der Waals surface area contributed by atoms with Gasteiger partial charge in [0.25, 0.3) is 0 Å². The number of aryl methyl sites for hydroxylation is 1. The minimum absolute atomic E-state index is 0.601. The van der Waals surface area contributed by atoms with E-state index in [0.717, 1.165) is 44.6 Å². The van der Waals surface area contributed by atoms with E-state index >= 15 is 0 Å². The number of nitrogens with zero attached hydrogens (tertiary/aromatic N) is 6. The van der Waals surface area contributed by atoms with Crippen molar-refractivity contribution in [3.05, 3.63) is 78.2 Å². The third-order valence-corrected chi connectivity index (χ3v) is 4.57. The van der Waals surface area contributed by atoms with Crippen LogP contribution < -0.4 is 0 Å². The van der Waals surface area contributed by atoms with Gasteiger partial charge in [-0.2, -0.15) is 0 Å². The molecule has 0 bridgehead atoms. The topological polar surface area (TPSA) is 69.4 Å². The number of hydrogen-bond donors (Lipinski definition) is 0. The summed E-state index contributed by atoms with van der Waals surface area (Å²) in [6.07, 6.45) is 3.65. The summed E-state index contributed by atoms with van der Waals surface area (Å²) in [4.78, 5) is 13.5. The van der Waals surface area contributed by atoms with Crippen molar-refractivity contribution in [2.75, 3.05) is 0 Å². The molecule has 4 aromatic heterocycles. The first-order valence-corrected chi connectivity index (χ1v) is 8.73. The Kier molecular flexibility index (Phi) is 3.60. The Morgan fingerprint density at radius 2 is 1.85 bits per heavy atom. The lowest BCUT2D eigenvalue weighted by molar-refractivity contribution is 0.665. The van der Waals surface area contributed by atoms with Crippen LogP contribution in [0.4, 0.5) is 0 Å². The maximum Gasteiger partial charge on any atom is 0.179 e. The molecule has 4 heterocycles. The van der Waals surface area contributed by atoms with E-state index in [0.29, 0.717) is 6.54 Å². The molecule has 0 atom stereocenters. The highest BCUT2D eigenvalue weighted by atomic mass is 15.4. The van der Waals surface area contributed by atoms with E-state index in [-0.39, 0.29) is 0 Å². The predicted octanol–water partition coefficient (Wildman–Crippen LogP) is 3.79. The second-order valence-electron chi connectivity index (χ2n) is 6.51. The fraction of sp³-hybridized carbons (Fsp3) is 0.0952. The van der Waals surface area contributed by atoms with E-state index in [1.54, 1.807) is 6.20 Å². The molecule has 0 aliphatic heterocycles. The molecule has 5 rings (SSSR count). The molecule has 0 aliphatic carbocycles. The molecular weight excluding hydrogens is 336 g/mol. The number of hydrogen-bond acceptors (Lipinski definition) is 5. The van der Waals surface area contributed by atoms with Crippen LogP contribution in [-0.2, 0) is 6.54 Å². The summed E-state index contributed by atoms with van der Waals surface area (Å²) in [5.74, 6) is 0. The van der Waals surface area contributed by atoms with Crippen LogP contribution in [0.1, 0.15) is 11.3 Å². The van der Waals surface area contributed by atoms with Crippen molar-refractivity contribution in [3.8, 4) is 11.3 Å². The number of rotatable bonds is 3. The van der Waals surface area contributed by atoms with Crippen LogP contribution in [0.3, 0.4) is 0 Å². The van der Waals surface area contributed by atoms with Crippen molar-refractivity contribution >= 4 is 22.1 Å². The largest absolute Gasteiger partial charge is 0.261 e. The third-order valence-electron chi connectivity index (χ3n) is 4.57. The lowest BCUT2D eigenvalue weighted by Gasteiger charge is -2.05. The molecule has 0 radical (unpaired) electrons. The second-order valence-corrected chi connectivity index (χ2v) is 6.51. The van der Waals surface area contributed by atoms with Gasteiger partial charge in [0.15, 0.2) is 5.65 Å². The first-order chi connectivity index (χ1) is 13.3. The van der Waals surface area contributed by atoms with Gasteiger partial charge in [-0.3, -0.25) is 9.97 Å². The normalized spacial score (nSPS) is 11.3. The van der Waals surface area contributed by atoms with Crippen LogP contribution in [0.5, 0.6) is 0 Å². The number of aromatic nitrogens is 6. The van der Waals surface area contributed by atoms with Crippen LogP contribution in [0.2, 0.25) is 0 Å². The smallest absolute Gasteiger partial charge is 0.179 e. The quantitative estimate of drug-likeness (QED) is 0.494. The molecule has 0 aliphatic rings. The Morgan fingerprint density at radius 1 is 0.926 bits per heavy atom. The van der Waals surface area contributed by atoms with E-state index in [1.165, 1.54) is 0 Å². The Hall–Kier alpha value is -3.67. The van der Waals surface area contributed by atoms with Gasteiger partial charge in [-0.25, -0.2) is 9.67 Å². The Bertz CT molecular complexity index is 1260. The first kappa shape index (κ1) is 15.6. The second kappa shape index (κ2) is 6.25. The van der Waals surface area contributed by atoms with Gasteiger partial charge in [-0.1, -0.05) is 17.3 Å². The van der Waals surface area contributed by atoms with Gasteiger partial charge < -0.3 is 0 Å². The zero-order chi connectivity index (χ0) is 18.2. The molecule has 6 nitrogen and oxygen atoms in total. The van der Waals surface area contributed by atoms with Crippen molar-refractivity contribution < 1.29 is 0 Å². The van der Waals surface area contributed by atoms with E-state index in [9.17, 15) is 0 Å². The Labute approximate surface area is 155 Å². The van der Waals surface area contributed by atoms with E-state index in [4.69, 9.17) is 4.98 Å². The highest BCUT2D eigenvalue weighted by molar-refractivity contribution is 5.79. The van der Waals surface area contributed by atoms with E-state index < -0.39 is 0 Å². The third kappa shape index (κ3) is 2.91. The summed E-state index contributed by atoms with van der Waals surface area (Å²) < 4.78 is 1.83. The zero-order valence-corrected chi connectivity index (χ0v) is 14.7. The van der Waals surface area contributed by atoms with Crippen LogP contribution >= 0.6 is 0 Å². The highest BCUT2D eigenvalue weighted by Gasteiger charge is 2.10. The van der Waals surface area contributed by atoms with E-state index in [2.05, 4.69) is 38.5 Å². The maximum absolute atomic E-state index is 4.78. The molecule has 0 amide bonds. The molecule has 0 N–H and O–H groups in total. The zero-order valence-electron chi connectivity index (χ0n) is 14.7. The molecule has 0 unspecified atom stereocenters. The number of pyridine rings is 3.